The number of hydrogen-bond donors (Lipinski definition) is 3. The number of rotatable bonds is 7. The van der Waals surface area contributed by atoms with E-state index in [-0.39, 0.29) is 18.0 Å². The molecule has 0 aliphatic carbocycles. The lowest BCUT2D eigenvalue weighted by atomic mass is 10.2. The number of urea groups is 1. The molecule has 2 aromatic carbocycles. The summed E-state index contributed by atoms with van der Waals surface area (Å²) >= 11 is 0. The average molecular weight is 391 g/mol. The van der Waals surface area contributed by atoms with Crippen LogP contribution in [0, 0.1) is 0 Å². The SMILES string of the molecule is CC(C)NC(=O)Nc1cccc(C(=O)NCc2cnn(Cc3ccccc3)c2)c1. The first-order chi connectivity index (χ1) is 14.0. The van der Waals surface area contributed by atoms with Gasteiger partial charge in [0, 0.05) is 35.6 Å². The van der Waals surface area contributed by atoms with E-state index < -0.39 is 0 Å². The Morgan fingerprint density at radius 3 is 2.59 bits per heavy atom. The van der Waals surface area contributed by atoms with Gasteiger partial charge in [0.05, 0.1) is 12.7 Å². The van der Waals surface area contributed by atoms with Crippen LogP contribution in [0.4, 0.5) is 10.5 Å². The van der Waals surface area contributed by atoms with Crippen LogP contribution < -0.4 is 16.0 Å². The zero-order valence-electron chi connectivity index (χ0n) is 16.6. The maximum absolute atomic E-state index is 12.5. The normalized spacial score (nSPS) is 10.6. The van der Waals surface area contributed by atoms with Crippen LogP contribution in [0.2, 0.25) is 0 Å². The largest absolute Gasteiger partial charge is 0.348 e. The van der Waals surface area contributed by atoms with Gasteiger partial charge in [-0.1, -0.05) is 36.4 Å². The lowest BCUT2D eigenvalue weighted by molar-refractivity contribution is 0.0951. The molecule has 0 unspecified atom stereocenters. The zero-order chi connectivity index (χ0) is 20.6. The van der Waals surface area contributed by atoms with Gasteiger partial charge >= 0.3 is 6.03 Å². The van der Waals surface area contributed by atoms with Crippen molar-refractivity contribution in [3.05, 3.63) is 83.7 Å². The second-order valence-corrected chi connectivity index (χ2v) is 7.05. The van der Waals surface area contributed by atoms with Gasteiger partial charge in [-0.15, -0.1) is 0 Å². The molecule has 3 rings (SSSR count). The first-order valence-corrected chi connectivity index (χ1v) is 9.50. The number of benzene rings is 2. The number of aromatic nitrogens is 2. The molecule has 7 nitrogen and oxygen atoms in total. The highest BCUT2D eigenvalue weighted by Gasteiger charge is 2.09. The molecule has 29 heavy (non-hydrogen) atoms. The van der Waals surface area contributed by atoms with Crippen LogP contribution >= 0.6 is 0 Å². The second-order valence-electron chi connectivity index (χ2n) is 7.05. The highest BCUT2D eigenvalue weighted by atomic mass is 16.2. The predicted molar refractivity (Wildman–Crippen MR) is 113 cm³/mol. The Morgan fingerprint density at radius 1 is 1.03 bits per heavy atom. The molecule has 7 heteroatoms. The van der Waals surface area contributed by atoms with Gasteiger partial charge in [-0.05, 0) is 37.6 Å². The molecule has 0 saturated carbocycles. The zero-order valence-corrected chi connectivity index (χ0v) is 16.6. The summed E-state index contributed by atoms with van der Waals surface area (Å²) in [6.07, 6.45) is 3.67. The van der Waals surface area contributed by atoms with Crippen LogP contribution in [0.25, 0.3) is 0 Å². The van der Waals surface area contributed by atoms with Gasteiger partial charge in [-0.2, -0.15) is 5.10 Å². The molecule has 0 spiro atoms. The van der Waals surface area contributed by atoms with Crippen molar-refractivity contribution in [3.8, 4) is 0 Å². The Morgan fingerprint density at radius 2 is 1.83 bits per heavy atom. The maximum Gasteiger partial charge on any atom is 0.319 e. The fourth-order valence-corrected chi connectivity index (χ4v) is 2.81. The molecule has 1 heterocycles. The van der Waals surface area contributed by atoms with Gasteiger partial charge in [0.1, 0.15) is 0 Å². The van der Waals surface area contributed by atoms with E-state index in [2.05, 4.69) is 21.0 Å². The van der Waals surface area contributed by atoms with E-state index in [0.717, 1.165) is 11.1 Å². The van der Waals surface area contributed by atoms with E-state index in [9.17, 15) is 9.59 Å². The number of carbonyl (C=O) groups is 2. The number of carbonyl (C=O) groups excluding carboxylic acids is 2. The van der Waals surface area contributed by atoms with Crippen molar-refractivity contribution in [2.75, 3.05) is 5.32 Å². The van der Waals surface area contributed by atoms with Crippen LogP contribution in [-0.4, -0.2) is 27.8 Å². The van der Waals surface area contributed by atoms with Gasteiger partial charge in [0.15, 0.2) is 0 Å². The summed E-state index contributed by atoms with van der Waals surface area (Å²) in [5.74, 6) is -0.214. The smallest absolute Gasteiger partial charge is 0.319 e. The number of anilines is 1. The predicted octanol–water partition coefficient (Wildman–Crippen LogP) is 3.39. The minimum atomic E-state index is -0.302. The maximum atomic E-state index is 12.5. The second kappa shape index (κ2) is 9.54. The average Bonchev–Trinajstić information content (AvgIpc) is 3.13. The first-order valence-electron chi connectivity index (χ1n) is 9.50. The van der Waals surface area contributed by atoms with E-state index >= 15 is 0 Å². The molecule has 0 bridgehead atoms. The van der Waals surface area contributed by atoms with E-state index in [4.69, 9.17) is 0 Å². The van der Waals surface area contributed by atoms with Gasteiger partial charge in [-0.25, -0.2) is 4.79 Å². The van der Waals surface area contributed by atoms with Gasteiger partial charge in [-0.3, -0.25) is 9.48 Å². The molecular formula is C22H25N5O2. The van der Waals surface area contributed by atoms with E-state index in [1.807, 2.05) is 55.1 Å². The van der Waals surface area contributed by atoms with Crippen molar-refractivity contribution < 1.29 is 9.59 Å². The minimum Gasteiger partial charge on any atom is -0.348 e. The van der Waals surface area contributed by atoms with Gasteiger partial charge in [0.2, 0.25) is 0 Å². The molecule has 0 aliphatic heterocycles. The molecule has 3 N–H and O–H groups in total. The van der Waals surface area contributed by atoms with Gasteiger partial charge in [0.25, 0.3) is 5.91 Å². The van der Waals surface area contributed by atoms with Crippen LogP contribution in [0.3, 0.4) is 0 Å². The molecule has 0 radical (unpaired) electrons. The highest BCUT2D eigenvalue weighted by Crippen LogP contribution is 2.11. The minimum absolute atomic E-state index is 0.0317. The molecule has 0 atom stereocenters. The Kier molecular flexibility index (Phi) is 6.63. The Labute approximate surface area is 170 Å². The molecule has 0 fully saturated rings. The Bertz CT molecular complexity index is 966. The lowest BCUT2D eigenvalue weighted by Gasteiger charge is -2.11. The summed E-state index contributed by atoms with van der Waals surface area (Å²) in [5.41, 5.74) is 3.12. The number of nitrogens with one attached hydrogen (secondary N) is 3. The van der Waals surface area contributed by atoms with E-state index in [1.165, 1.54) is 0 Å². The van der Waals surface area contributed by atoms with Crippen LogP contribution in [0.5, 0.6) is 0 Å². The first kappa shape index (κ1) is 20.1. The van der Waals surface area contributed by atoms with Crippen LogP contribution in [-0.2, 0) is 13.1 Å². The summed E-state index contributed by atoms with van der Waals surface area (Å²) < 4.78 is 1.84. The van der Waals surface area contributed by atoms with Crippen molar-refractivity contribution in [1.29, 1.82) is 0 Å². The molecule has 3 amide bonds. The third kappa shape index (κ3) is 6.21. The third-order valence-electron chi connectivity index (χ3n) is 4.13. The molecule has 0 saturated heterocycles. The monoisotopic (exact) mass is 391 g/mol. The van der Waals surface area contributed by atoms with Crippen LogP contribution in [0.15, 0.2) is 67.0 Å². The summed E-state index contributed by atoms with van der Waals surface area (Å²) in [5, 5.41) is 12.7. The summed E-state index contributed by atoms with van der Waals surface area (Å²) in [4.78, 5) is 24.3. The summed E-state index contributed by atoms with van der Waals surface area (Å²) in [6, 6.07) is 16.6. The lowest BCUT2D eigenvalue weighted by Crippen LogP contribution is -2.34. The number of hydrogen-bond acceptors (Lipinski definition) is 3. The Hall–Kier alpha value is -3.61. The topological polar surface area (TPSA) is 88.1 Å². The molecular weight excluding hydrogens is 366 g/mol. The van der Waals surface area contributed by atoms with Crippen molar-refractivity contribution in [2.24, 2.45) is 0 Å². The molecule has 1 aromatic heterocycles. The van der Waals surface area contributed by atoms with E-state index in [0.29, 0.717) is 24.3 Å². The van der Waals surface area contributed by atoms with E-state index in [1.54, 1.807) is 30.5 Å². The molecule has 3 aromatic rings. The molecule has 150 valence electrons. The summed E-state index contributed by atoms with van der Waals surface area (Å²) in [7, 11) is 0. The summed E-state index contributed by atoms with van der Waals surface area (Å²) in [6.45, 7) is 4.82. The fraction of sp³-hybridized carbons (Fsp3) is 0.227. The highest BCUT2D eigenvalue weighted by molar-refractivity contribution is 5.96. The quantitative estimate of drug-likeness (QED) is 0.577. The van der Waals surface area contributed by atoms with Crippen molar-refractivity contribution >= 4 is 17.6 Å². The third-order valence-corrected chi connectivity index (χ3v) is 4.13. The number of nitrogens with zero attached hydrogens (tertiary/aromatic N) is 2. The van der Waals surface area contributed by atoms with Crippen molar-refractivity contribution in [2.45, 2.75) is 33.0 Å². The Balaban J connectivity index is 1.54. The van der Waals surface area contributed by atoms with Gasteiger partial charge < -0.3 is 16.0 Å². The number of amides is 3. The molecule has 0 aliphatic rings. The van der Waals surface area contributed by atoms with Crippen molar-refractivity contribution in [1.82, 2.24) is 20.4 Å². The standard InChI is InChI=1S/C22H25N5O2/c1-16(2)25-22(29)26-20-10-6-9-19(11-20)21(28)23-12-18-13-24-27(15-18)14-17-7-4-3-5-8-17/h3-11,13,15-16H,12,14H2,1-2H3,(H,23,28)(H2,25,26,29). The van der Waals surface area contributed by atoms with Crippen molar-refractivity contribution in [3.63, 3.8) is 0 Å². The van der Waals surface area contributed by atoms with Crippen LogP contribution in [0.1, 0.15) is 35.3 Å². The fourth-order valence-electron chi connectivity index (χ4n) is 2.81.